The minimum Gasteiger partial charge on any atom is -0.356 e. The number of halogens is 5. The Morgan fingerprint density at radius 1 is 1.05 bits per heavy atom. The van der Waals surface area contributed by atoms with Gasteiger partial charge in [0.15, 0.2) is 0 Å². The SMILES string of the molecule is O=C1CCC(NC(=O)c2ccc(CNCC3CCN(c4ncc(-c5cccc(Cl)c5)cc4C(F)(F)F)CC3)cc2F)C(=O)N1. The molecule has 44 heavy (non-hydrogen) atoms. The minimum absolute atomic E-state index is 0.0895. The number of piperidine rings is 2. The molecule has 0 aliphatic carbocycles. The third-order valence-corrected chi connectivity index (χ3v) is 8.06. The Hall–Kier alpha value is -4.03. The summed E-state index contributed by atoms with van der Waals surface area (Å²) in [5.41, 5.74) is 0.497. The fourth-order valence-corrected chi connectivity index (χ4v) is 5.62. The lowest BCUT2D eigenvalue weighted by molar-refractivity contribution is -0.137. The molecule has 1 unspecified atom stereocenters. The summed E-state index contributed by atoms with van der Waals surface area (Å²) in [6.07, 6.45) is -1.61. The van der Waals surface area contributed by atoms with E-state index in [1.807, 2.05) is 0 Å². The number of anilines is 1. The fourth-order valence-electron chi connectivity index (χ4n) is 5.43. The first kappa shape index (κ1) is 31.4. The molecule has 3 N–H and O–H groups in total. The van der Waals surface area contributed by atoms with Gasteiger partial charge in [-0.2, -0.15) is 13.2 Å². The van der Waals surface area contributed by atoms with E-state index in [0.29, 0.717) is 60.7 Å². The van der Waals surface area contributed by atoms with Crippen molar-refractivity contribution in [2.45, 2.75) is 44.4 Å². The minimum atomic E-state index is -4.58. The van der Waals surface area contributed by atoms with Gasteiger partial charge in [0.25, 0.3) is 5.91 Å². The van der Waals surface area contributed by atoms with Crippen molar-refractivity contribution < 1.29 is 31.9 Å². The third-order valence-electron chi connectivity index (χ3n) is 7.83. The molecular weight excluding hydrogens is 602 g/mol. The van der Waals surface area contributed by atoms with Crippen molar-refractivity contribution in [2.24, 2.45) is 5.92 Å². The predicted molar refractivity (Wildman–Crippen MR) is 156 cm³/mol. The van der Waals surface area contributed by atoms with Gasteiger partial charge in [-0.05, 0) is 73.2 Å². The van der Waals surface area contributed by atoms with E-state index in [-0.39, 0.29) is 30.1 Å². The molecule has 3 heterocycles. The summed E-state index contributed by atoms with van der Waals surface area (Å²) in [6, 6.07) is 11.0. The number of rotatable bonds is 8. The first-order valence-electron chi connectivity index (χ1n) is 14.2. The van der Waals surface area contributed by atoms with Crippen LogP contribution < -0.4 is 20.9 Å². The van der Waals surface area contributed by atoms with Crippen LogP contribution in [0.3, 0.4) is 0 Å². The van der Waals surface area contributed by atoms with Crippen molar-refractivity contribution in [3.05, 3.63) is 82.3 Å². The van der Waals surface area contributed by atoms with Gasteiger partial charge in [-0.15, -0.1) is 0 Å². The molecule has 1 atom stereocenters. The molecule has 8 nitrogen and oxygen atoms in total. The number of aromatic nitrogens is 1. The zero-order valence-electron chi connectivity index (χ0n) is 23.5. The van der Waals surface area contributed by atoms with Gasteiger partial charge in [0.05, 0.1) is 11.1 Å². The van der Waals surface area contributed by atoms with Crippen molar-refractivity contribution in [3.63, 3.8) is 0 Å². The number of nitrogens with zero attached hydrogens (tertiary/aromatic N) is 2. The smallest absolute Gasteiger partial charge is 0.356 e. The topological polar surface area (TPSA) is 103 Å². The Labute approximate surface area is 256 Å². The summed E-state index contributed by atoms with van der Waals surface area (Å²) in [6.45, 7) is 1.73. The largest absolute Gasteiger partial charge is 0.419 e. The second-order valence-corrected chi connectivity index (χ2v) is 11.4. The highest BCUT2D eigenvalue weighted by Crippen LogP contribution is 2.39. The lowest BCUT2D eigenvalue weighted by Crippen LogP contribution is -2.52. The molecule has 0 spiro atoms. The molecule has 3 amide bonds. The van der Waals surface area contributed by atoms with Crippen molar-refractivity contribution >= 4 is 35.1 Å². The second kappa shape index (κ2) is 13.3. The van der Waals surface area contributed by atoms with Crippen LogP contribution in [0.1, 0.15) is 47.2 Å². The highest BCUT2D eigenvalue weighted by Gasteiger charge is 2.37. The first-order chi connectivity index (χ1) is 21.0. The molecular formula is C31H30ClF4N5O3. The number of nitrogens with one attached hydrogen (secondary N) is 3. The highest BCUT2D eigenvalue weighted by molar-refractivity contribution is 6.30. The molecule has 2 aromatic carbocycles. The van der Waals surface area contributed by atoms with Gasteiger partial charge in [-0.1, -0.05) is 29.8 Å². The number of alkyl halides is 3. The van der Waals surface area contributed by atoms with Crippen molar-refractivity contribution in [3.8, 4) is 11.1 Å². The maximum Gasteiger partial charge on any atom is 0.419 e. The average Bonchev–Trinajstić information content (AvgIpc) is 2.98. The number of hydrogen-bond acceptors (Lipinski definition) is 6. The number of hydrogen-bond donors (Lipinski definition) is 3. The molecule has 13 heteroatoms. The van der Waals surface area contributed by atoms with E-state index in [0.717, 1.165) is 6.07 Å². The Morgan fingerprint density at radius 3 is 2.50 bits per heavy atom. The summed E-state index contributed by atoms with van der Waals surface area (Å²) in [7, 11) is 0. The number of carbonyl (C=O) groups excluding carboxylic acids is 3. The molecule has 0 bridgehead atoms. The van der Waals surface area contributed by atoms with E-state index in [2.05, 4.69) is 20.9 Å². The Balaban J connectivity index is 1.13. The van der Waals surface area contributed by atoms with Crippen LogP contribution in [-0.2, 0) is 22.3 Å². The van der Waals surface area contributed by atoms with Gasteiger partial charge in [0, 0.05) is 42.8 Å². The molecule has 232 valence electrons. The van der Waals surface area contributed by atoms with E-state index in [9.17, 15) is 31.9 Å². The van der Waals surface area contributed by atoms with E-state index < -0.39 is 41.3 Å². The van der Waals surface area contributed by atoms with Gasteiger partial charge < -0.3 is 15.5 Å². The van der Waals surface area contributed by atoms with Gasteiger partial charge in [0.1, 0.15) is 17.7 Å². The zero-order valence-corrected chi connectivity index (χ0v) is 24.3. The van der Waals surface area contributed by atoms with Crippen molar-refractivity contribution in [1.82, 2.24) is 20.9 Å². The summed E-state index contributed by atoms with van der Waals surface area (Å²) in [5.74, 6) is -2.41. The lowest BCUT2D eigenvalue weighted by atomic mass is 9.96. The van der Waals surface area contributed by atoms with Crippen molar-refractivity contribution in [1.29, 1.82) is 0 Å². The van der Waals surface area contributed by atoms with Crippen LogP contribution in [-0.4, -0.2) is 48.4 Å². The molecule has 5 rings (SSSR count). The van der Waals surface area contributed by atoms with Gasteiger partial charge >= 0.3 is 6.18 Å². The van der Waals surface area contributed by atoms with Crippen LogP contribution >= 0.6 is 11.6 Å². The molecule has 0 saturated carbocycles. The number of carbonyl (C=O) groups is 3. The number of amides is 3. The van der Waals surface area contributed by atoms with Crippen molar-refractivity contribution in [2.75, 3.05) is 24.5 Å². The summed E-state index contributed by atoms with van der Waals surface area (Å²) in [5, 5.41) is 8.29. The number of pyridine rings is 1. The average molecular weight is 632 g/mol. The predicted octanol–water partition coefficient (Wildman–Crippen LogP) is 5.10. The molecule has 2 saturated heterocycles. The first-order valence-corrected chi connectivity index (χ1v) is 14.6. The number of imide groups is 1. The monoisotopic (exact) mass is 631 g/mol. The maximum absolute atomic E-state index is 14.7. The lowest BCUT2D eigenvalue weighted by Gasteiger charge is -2.34. The van der Waals surface area contributed by atoms with Crippen LogP contribution in [0.25, 0.3) is 11.1 Å². The van der Waals surface area contributed by atoms with Gasteiger partial charge in [0.2, 0.25) is 11.8 Å². The summed E-state index contributed by atoms with van der Waals surface area (Å²) >= 11 is 6.02. The van der Waals surface area contributed by atoms with Crippen LogP contribution in [0.2, 0.25) is 5.02 Å². The van der Waals surface area contributed by atoms with Crippen LogP contribution in [0.4, 0.5) is 23.4 Å². The zero-order chi connectivity index (χ0) is 31.4. The van der Waals surface area contributed by atoms with Crippen LogP contribution in [0, 0.1) is 11.7 Å². The molecule has 2 aliphatic rings. The molecule has 3 aromatic rings. The van der Waals surface area contributed by atoms with E-state index in [1.165, 1.54) is 18.3 Å². The molecule has 1 aromatic heterocycles. The van der Waals surface area contributed by atoms with E-state index in [4.69, 9.17) is 11.6 Å². The highest BCUT2D eigenvalue weighted by atomic mass is 35.5. The van der Waals surface area contributed by atoms with E-state index in [1.54, 1.807) is 35.2 Å². The molecule has 0 radical (unpaired) electrons. The maximum atomic E-state index is 14.7. The Kier molecular flexibility index (Phi) is 9.50. The third kappa shape index (κ3) is 7.54. The second-order valence-electron chi connectivity index (χ2n) is 11.0. The standard InChI is InChI=1S/C31H30ClF4N5O3/c32-22-3-1-2-20(13-22)21-14-24(31(34,35)36)28(38-17-21)41-10-8-18(9-11-41)15-37-16-19-4-5-23(25(33)12-19)29(43)39-26-6-7-27(42)40-30(26)44/h1-5,12-14,17-18,26,37H,6-11,15-16H2,(H,39,43)(H,40,42,44). The summed E-state index contributed by atoms with van der Waals surface area (Å²) < 4.78 is 56.8. The Bertz CT molecular complexity index is 1560. The number of benzene rings is 2. The van der Waals surface area contributed by atoms with Gasteiger partial charge in [-0.25, -0.2) is 9.37 Å². The molecule has 2 aliphatic heterocycles. The molecule has 2 fully saturated rings. The normalized spacial score (nSPS) is 17.8. The quantitative estimate of drug-likeness (QED) is 0.236. The Morgan fingerprint density at radius 2 is 1.82 bits per heavy atom. The van der Waals surface area contributed by atoms with Crippen LogP contribution in [0.5, 0.6) is 0 Å². The van der Waals surface area contributed by atoms with E-state index >= 15 is 0 Å². The van der Waals surface area contributed by atoms with Crippen LogP contribution in [0.15, 0.2) is 54.7 Å². The van der Waals surface area contributed by atoms with Gasteiger partial charge in [-0.3, -0.25) is 19.7 Å². The summed E-state index contributed by atoms with van der Waals surface area (Å²) in [4.78, 5) is 41.5. The fraction of sp³-hybridized carbons (Fsp3) is 0.355.